The fourth-order valence-electron chi connectivity index (χ4n) is 9.47. The van der Waals surface area contributed by atoms with E-state index >= 15 is 0 Å². The molecule has 16 atom stereocenters. The fraction of sp³-hybridized carbons (Fsp3) is 0.850. The minimum absolute atomic E-state index is 0.0111. The molecule has 7 heterocycles. The maximum atomic E-state index is 13.7. The summed E-state index contributed by atoms with van der Waals surface area (Å²) < 4.78 is 43.8. The number of Topliss-reactive ketones (excluding diaryl/α,β-unsaturated/α-hetero) is 2. The van der Waals surface area contributed by atoms with Crippen LogP contribution < -0.4 is 0 Å². The van der Waals surface area contributed by atoms with Crippen LogP contribution in [0.3, 0.4) is 0 Å². The SMILES string of the molecule is C=C1CC2CCC(=O)C[C@H]3OC(CO)[C@@H](OC4CCC(CC(=O)CC5[C@@H](OC)C(CC(O)CO)O[C@H]5CC5O[C@@H](CCC1O2)C[C@@H](C)C5=C)OC4)C3O. The lowest BCUT2D eigenvalue weighted by Gasteiger charge is -2.38. The van der Waals surface area contributed by atoms with Gasteiger partial charge in [-0.2, -0.15) is 0 Å². The molecular weight excluding hydrogens is 688 g/mol. The average Bonchev–Trinajstić information content (AvgIpc) is 3.76. The van der Waals surface area contributed by atoms with Crippen LogP contribution in [0.1, 0.15) is 90.4 Å². The van der Waals surface area contributed by atoms with Crippen LogP contribution in [0.25, 0.3) is 0 Å². The molecule has 7 aliphatic heterocycles. The summed E-state index contributed by atoms with van der Waals surface area (Å²) in [4.78, 5) is 26.8. The Balaban J connectivity index is 1.19. The van der Waals surface area contributed by atoms with Crippen LogP contribution in [-0.4, -0.2) is 144 Å². The number of fused-ring (bicyclic) bond motifs is 8. The monoisotopic (exact) mass is 750 g/mol. The molecule has 13 nitrogen and oxygen atoms in total. The molecular formula is C40H62O13. The fourth-order valence-corrected chi connectivity index (χ4v) is 9.47. The van der Waals surface area contributed by atoms with E-state index in [9.17, 15) is 30.0 Å². The number of hydrogen-bond acceptors (Lipinski definition) is 13. The number of ether oxygens (including phenoxy) is 7. The lowest BCUT2D eigenvalue weighted by Crippen LogP contribution is -2.43. The number of aliphatic hydroxyl groups excluding tert-OH is 4. The first-order valence-electron chi connectivity index (χ1n) is 19.8. The highest BCUT2D eigenvalue weighted by Gasteiger charge is 2.49. The predicted molar refractivity (Wildman–Crippen MR) is 191 cm³/mol. The van der Waals surface area contributed by atoms with E-state index in [4.69, 9.17) is 33.2 Å². The van der Waals surface area contributed by atoms with Crippen molar-refractivity contribution in [2.24, 2.45) is 11.8 Å². The van der Waals surface area contributed by atoms with Gasteiger partial charge in [0.2, 0.25) is 0 Å². The van der Waals surface area contributed by atoms with Crippen LogP contribution in [0, 0.1) is 11.8 Å². The van der Waals surface area contributed by atoms with Gasteiger partial charge in [-0.25, -0.2) is 0 Å². The van der Waals surface area contributed by atoms with Crippen molar-refractivity contribution in [3.05, 3.63) is 24.3 Å². The van der Waals surface area contributed by atoms with Crippen molar-refractivity contribution in [1.29, 1.82) is 0 Å². The third-order valence-electron chi connectivity index (χ3n) is 12.5. The normalized spacial score (nSPS) is 44.3. The first kappa shape index (κ1) is 41.0. The summed E-state index contributed by atoms with van der Waals surface area (Å²) in [5.41, 5.74) is 2.00. The molecule has 10 unspecified atom stereocenters. The number of rotatable bonds is 5. The van der Waals surface area contributed by atoms with Crippen molar-refractivity contribution in [1.82, 2.24) is 0 Å². The van der Waals surface area contributed by atoms with Crippen molar-refractivity contribution < 1.29 is 63.2 Å². The number of carbonyl (C=O) groups is 2. The Labute approximate surface area is 313 Å². The van der Waals surface area contributed by atoms with Gasteiger partial charge in [-0.1, -0.05) is 20.1 Å². The smallest absolute Gasteiger partial charge is 0.135 e. The standard InChI is InChI=1S/C40H62O13/c1-21-11-29-9-10-32-22(2)12-28(49-32)6-5-24(43)15-35-38(46)40(37(19-42)53-35)51-30-8-7-27(48-20-30)13-25(44)14-31-34(17-33(50-29)23(21)3)52-36(39(31)47-4)16-26(45)18-41/h21,26-42,45-46H,2-3,5-20H2,1,4H3/t21-,26?,27?,28?,29+,30?,31?,32?,33?,34+,35-,36?,37?,38?,39-,40-/m1/s1. The summed E-state index contributed by atoms with van der Waals surface area (Å²) in [7, 11) is 1.59. The Hall–Kier alpha value is -1.62. The summed E-state index contributed by atoms with van der Waals surface area (Å²) in [5.74, 6) is -0.127. The molecule has 4 N–H and O–H groups in total. The second-order valence-corrected chi connectivity index (χ2v) is 16.4. The van der Waals surface area contributed by atoms with Gasteiger partial charge >= 0.3 is 0 Å². The highest BCUT2D eigenvalue weighted by atomic mass is 16.6. The maximum Gasteiger partial charge on any atom is 0.135 e. The molecule has 7 fully saturated rings. The van der Waals surface area contributed by atoms with E-state index in [1.165, 1.54) is 0 Å². The van der Waals surface area contributed by atoms with Crippen LogP contribution in [-0.2, 0) is 42.7 Å². The quantitative estimate of drug-likeness (QED) is 0.302. The van der Waals surface area contributed by atoms with E-state index in [1.807, 2.05) is 0 Å². The molecule has 0 aromatic heterocycles. The molecule has 53 heavy (non-hydrogen) atoms. The third-order valence-corrected chi connectivity index (χ3v) is 12.5. The molecule has 300 valence electrons. The first-order valence-corrected chi connectivity index (χ1v) is 19.8. The average molecular weight is 751 g/mol. The van der Waals surface area contributed by atoms with Crippen molar-refractivity contribution in [3.8, 4) is 0 Å². The summed E-state index contributed by atoms with van der Waals surface area (Å²) in [6.45, 7) is 10.3. The Bertz CT molecular complexity index is 1270. The molecule has 7 aliphatic rings. The molecule has 7 saturated heterocycles. The summed E-state index contributed by atoms with van der Waals surface area (Å²) in [6, 6.07) is 0. The number of methoxy groups -OCH3 is 1. The third kappa shape index (κ3) is 10.0. The molecule has 7 rings (SSSR count). The Morgan fingerprint density at radius 1 is 0.792 bits per heavy atom. The van der Waals surface area contributed by atoms with Gasteiger partial charge in [0, 0.05) is 51.6 Å². The molecule has 0 spiro atoms. The Morgan fingerprint density at radius 2 is 1.53 bits per heavy atom. The zero-order chi connectivity index (χ0) is 37.8. The summed E-state index contributed by atoms with van der Waals surface area (Å²) in [6.07, 6.45) is -1.01. The van der Waals surface area contributed by atoms with Gasteiger partial charge in [-0.3, -0.25) is 9.59 Å². The van der Waals surface area contributed by atoms with Gasteiger partial charge in [0.05, 0.1) is 87.0 Å². The summed E-state index contributed by atoms with van der Waals surface area (Å²) >= 11 is 0. The topological polar surface area (TPSA) is 180 Å². The molecule has 0 aromatic carbocycles. The van der Waals surface area contributed by atoms with Crippen molar-refractivity contribution in [2.45, 2.75) is 176 Å². The molecule has 13 heteroatoms. The van der Waals surface area contributed by atoms with Crippen molar-refractivity contribution >= 4 is 11.6 Å². The van der Waals surface area contributed by atoms with Crippen LogP contribution in [0.2, 0.25) is 0 Å². The molecule has 0 saturated carbocycles. The minimum Gasteiger partial charge on any atom is -0.394 e. The number of ketones is 2. The van der Waals surface area contributed by atoms with Gasteiger partial charge in [0.1, 0.15) is 29.9 Å². The lowest BCUT2D eigenvalue weighted by atomic mass is 9.81. The molecule has 0 amide bonds. The summed E-state index contributed by atoms with van der Waals surface area (Å²) in [5, 5.41) is 41.1. The highest BCUT2D eigenvalue weighted by Crippen LogP contribution is 2.42. The lowest BCUT2D eigenvalue weighted by molar-refractivity contribution is -0.147. The van der Waals surface area contributed by atoms with E-state index in [0.717, 1.165) is 30.4 Å². The number of aliphatic hydroxyl groups is 4. The second kappa shape index (κ2) is 18.5. The van der Waals surface area contributed by atoms with Crippen LogP contribution in [0.15, 0.2) is 24.3 Å². The number of carbonyl (C=O) groups excluding carboxylic acids is 2. The van der Waals surface area contributed by atoms with E-state index in [0.29, 0.717) is 32.1 Å². The van der Waals surface area contributed by atoms with Gasteiger partial charge in [-0.05, 0) is 62.0 Å². The zero-order valence-corrected chi connectivity index (χ0v) is 31.4. The molecule has 0 radical (unpaired) electrons. The Kier molecular flexibility index (Phi) is 14.4. The van der Waals surface area contributed by atoms with E-state index in [1.54, 1.807) is 7.11 Å². The minimum atomic E-state index is -1.08. The molecule has 8 bridgehead atoms. The zero-order valence-electron chi connectivity index (χ0n) is 31.4. The Morgan fingerprint density at radius 3 is 2.25 bits per heavy atom. The highest BCUT2D eigenvalue weighted by molar-refractivity contribution is 5.79. The van der Waals surface area contributed by atoms with Gasteiger partial charge < -0.3 is 53.6 Å². The van der Waals surface area contributed by atoms with Gasteiger partial charge in [0.25, 0.3) is 0 Å². The maximum absolute atomic E-state index is 13.7. The van der Waals surface area contributed by atoms with Crippen molar-refractivity contribution in [3.63, 3.8) is 0 Å². The van der Waals surface area contributed by atoms with E-state index in [2.05, 4.69) is 20.1 Å². The largest absolute Gasteiger partial charge is 0.394 e. The van der Waals surface area contributed by atoms with Gasteiger partial charge in [-0.15, -0.1) is 0 Å². The number of hydrogen-bond donors (Lipinski definition) is 4. The van der Waals surface area contributed by atoms with E-state index in [-0.39, 0.29) is 105 Å². The van der Waals surface area contributed by atoms with E-state index < -0.39 is 55.4 Å². The first-order chi connectivity index (χ1) is 25.5. The van der Waals surface area contributed by atoms with Crippen molar-refractivity contribution in [2.75, 3.05) is 26.9 Å². The second-order valence-electron chi connectivity index (χ2n) is 16.4. The molecule has 0 aliphatic carbocycles. The van der Waals surface area contributed by atoms with Gasteiger partial charge in [0.15, 0.2) is 0 Å². The predicted octanol–water partition coefficient (Wildman–Crippen LogP) is 2.52. The van der Waals surface area contributed by atoms with Crippen LogP contribution in [0.5, 0.6) is 0 Å². The van der Waals surface area contributed by atoms with Crippen LogP contribution in [0.4, 0.5) is 0 Å². The molecule has 0 aromatic rings. The van der Waals surface area contributed by atoms with Crippen LogP contribution >= 0.6 is 0 Å².